The number of halogens is 2. The fourth-order valence-corrected chi connectivity index (χ4v) is 2.85. The Morgan fingerprint density at radius 3 is 2.90 bits per heavy atom. The van der Waals surface area contributed by atoms with Gasteiger partial charge in [0.1, 0.15) is 5.69 Å². The first-order chi connectivity index (χ1) is 9.61. The minimum absolute atomic E-state index is 0.0520. The first kappa shape index (κ1) is 15.0. The van der Waals surface area contributed by atoms with Gasteiger partial charge in [-0.05, 0) is 37.4 Å². The predicted molar refractivity (Wildman–Crippen MR) is 72.7 cm³/mol. The van der Waals surface area contributed by atoms with Crippen molar-refractivity contribution in [3.05, 3.63) is 24.0 Å². The van der Waals surface area contributed by atoms with Crippen LogP contribution in [0.3, 0.4) is 0 Å². The van der Waals surface area contributed by atoms with E-state index in [1.807, 2.05) is 0 Å². The van der Waals surface area contributed by atoms with E-state index in [4.69, 9.17) is 5.73 Å². The smallest absolute Gasteiger partial charge is 0.268 e. The largest absolute Gasteiger partial charge is 0.348 e. The van der Waals surface area contributed by atoms with Crippen molar-refractivity contribution in [2.45, 2.75) is 44.7 Å². The molecule has 1 fully saturated rings. The van der Waals surface area contributed by atoms with Crippen LogP contribution >= 0.6 is 0 Å². The topological polar surface area (TPSA) is 60.0 Å². The van der Waals surface area contributed by atoms with Crippen molar-refractivity contribution in [2.24, 2.45) is 11.7 Å². The van der Waals surface area contributed by atoms with E-state index < -0.39 is 13.0 Å². The molecule has 1 aromatic rings. The average Bonchev–Trinajstić information content (AvgIpc) is 2.86. The molecule has 2 unspecified atom stereocenters. The van der Waals surface area contributed by atoms with Crippen LogP contribution in [0.15, 0.2) is 18.3 Å². The molecule has 1 saturated carbocycles. The summed E-state index contributed by atoms with van der Waals surface area (Å²) in [6.45, 7) is 0.0870. The number of nitrogens with two attached hydrogens (primary N) is 1. The summed E-state index contributed by atoms with van der Waals surface area (Å²) in [5.74, 6) is -0.00721. The summed E-state index contributed by atoms with van der Waals surface area (Å²) in [4.78, 5) is 12.2. The molecule has 4 nitrogen and oxygen atoms in total. The van der Waals surface area contributed by atoms with Crippen molar-refractivity contribution in [3.63, 3.8) is 0 Å². The number of carbonyl (C=O) groups is 1. The maximum Gasteiger partial charge on any atom is 0.268 e. The van der Waals surface area contributed by atoms with Crippen LogP contribution in [0.4, 0.5) is 8.78 Å². The third kappa shape index (κ3) is 3.56. The van der Waals surface area contributed by atoms with E-state index in [1.165, 1.54) is 10.8 Å². The van der Waals surface area contributed by atoms with Crippen LogP contribution in [0.25, 0.3) is 0 Å². The molecule has 0 spiro atoms. The molecule has 1 aliphatic rings. The second kappa shape index (κ2) is 6.83. The fraction of sp³-hybridized carbons (Fsp3) is 0.643. The lowest BCUT2D eigenvalue weighted by atomic mass is 9.84. The van der Waals surface area contributed by atoms with Gasteiger partial charge in [0.25, 0.3) is 12.3 Å². The summed E-state index contributed by atoms with van der Waals surface area (Å²) in [6.07, 6.45) is 3.15. The van der Waals surface area contributed by atoms with Crippen LogP contribution in [-0.2, 0) is 6.54 Å². The van der Waals surface area contributed by atoms with E-state index in [2.05, 4.69) is 5.32 Å². The summed E-state index contributed by atoms with van der Waals surface area (Å²) in [6, 6.07) is 3.23. The highest BCUT2D eigenvalue weighted by Crippen LogP contribution is 2.23. The lowest BCUT2D eigenvalue weighted by Gasteiger charge is -2.31. The van der Waals surface area contributed by atoms with Crippen molar-refractivity contribution in [3.8, 4) is 0 Å². The first-order valence-electron chi connectivity index (χ1n) is 7.06. The molecule has 6 heteroatoms. The van der Waals surface area contributed by atoms with Gasteiger partial charge in [-0.3, -0.25) is 4.79 Å². The highest BCUT2D eigenvalue weighted by Gasteiger charge is 2.26. The van der Waals surface area contributed by atoms with Crippen molar-refractivity contribution in [1.82, 2.24) is 9.88 Å². The lowest BCUT2D eigenvalue weighted by molar-refractivity contribution is 0.0886. The molecule has 20 heavy (non-hydrogen) atoms. The van der Waals surface area contributed by atoms with Gasteiger partial charge in [-0.25, -0.2) is 8.78 Å². The number of amides is 1. The minimum atomic E-state index is -2.47. The number of aromatic nitrogens is 1. The molecule has 1 heterocycles. The van der Waals surface area contributed by atoms with Crippen LogP contribution in [0.5, 0.6) is 0 Å². The Morgan fingerprint density at radius 1 is 1.45 bits per heavy atom. The summed E-state index contributed by atoms with van der Waals surface area (Å²) in [5.41, 5.74) is 6.01. The molecule has 2 atom stereocenters. The van der Waals surface area contributed by atoms with Crippen LogP contribution < -0.4 is 11.1 Å². The number of carbonyl (C=O) groups excluding carboxylic acids is 1. The van der Waals surface area contributed by atoms with E-state index in [1.54, 1.807) is 12.1 Å². The summed E-state index contributed by atoms with van der Waals surface area (Å²) in [5, 5.41) is 2.95. The van der Waals surface area contributed by atoms with Gasteiger partial charge in [0.2, 0.25) is 0 Å². The molecule has 0 aliphatic heterocycles. The van der Waals surface area contributed by atoms with Crippen molar-refractivity contribution >= 4 is 5.91 Å². The molecule has 0 aromatic carbocycles. The second-order valence-corrected chi connectivity index (χ2v) is 5.30. The van der Waals surface area contributed by atoms with Gasteiger partial charge in [0.15, 0.2) is 0 Å². The number of alkyl halides is 2. The van der Waals surface area contributed by atoms with E-state index in [-0.39, 0.29) is 23.6 Å². The SMILES string of the molecule is NCC1CCCCC1NC(=O)c1cccn1CC(F)F. The zero-order valence-corrected chi connectivity index (χ0v) is 11.4. The van der Waals surface area contributed by atoms with Gasteiger partial charge in [-0.15, -0.1) is 0 Å². The Morgan fingerprint density at radius 2 is 2.20 bits per heavy atom. The Balaban J connectivity index is 2.02. The zero-order chi connectivity index (χ0) is 14.5. The molecular weight excluding hydrogens is 264 g/mol. The zero-order valence-electron chi connectivity index (χ0n) is 11.4. The molecule has 1 aromatic heterocycles. The fourth-order valence-electron chi connectivity index (χ4n) is 2.85. The quantitative estimate of drug-likeness (QED) is 0.869. The van der Waals surface area contributed by atoms with Crippen LogP contribution in [0.1, 0.15) is 36.2 Å². The third-order valence-electron chi connectivity index (χ3n) is 3.93. The van der Waals surface area contributed by atoms with Crippen molar-refractivity contribution in [2.75, 3.05) is 6.54 Å². The first-order valence-corrected chi connectivity index (χ1v) is 7.06. The van der Waals surface area contributed by atoms with Gasteiger partial charge in [0, 0.05) is 12.2 Å². The van der Waals surface area contributed by atoms with Crippen LogP contribution in [0.2, 0.25) is 0 Å². The van der Waals surface area contributed by atoms with Gasteiger partial charge >= 0.3 is 0 Å². The summed E-state index contributed by atoms with van der Waals surface area (Å²) < 4.78 is 26.2. The Labute approximate surface area is 117 Å². The molecule has 112 valence electrons. The molecule has 2 rings (SSSR count). The van der Waals surface area contributed by atoms with Gasteiger partial charge in [-0.2, -0.15) is 0 Å². The van der Waals surface area contributed by atoms with Gasteiger partial charge < -0.3 is 15.6 Å². The second-order valence-electron chi connectivity index (χ2n) is 5.30. The number of nitrogens with zero attached hydrogens (tertiary/aromatic N) is 1. The van der Waals surface area contributed by atoms with Crippen LogP contribution in [0, 0.1) is 5.92 Å². The normalized spacial score (nSPS) is 23.0. The van der Waals surface area contributed by atoms with E-state index >= 15 is 0 Å². The minimum Gasteiger partial charge on any atom is -0.348 e. The standard InChI is InChI=1S/C14H21F2N3O/c15-13(16)9-19-7-3-6-12(19)14(20)18-11-5-2-1-4-10(11)8-17/h3,6-7,10-11,13H,1-2,4-5,8-9,17H2,(H,18,20). The van der Waals surface area contributed by atoms with Gasteiger partial charge in [-0.1, -0.05) is 12.8 Å². The molecule has 1 aliphatic carbocycles. The maximum absolute atomic E-state index is 12.4. The predicted octanol–water partition coefficient (Wildman–Crippen LogP) is 2.00. The number of hydrogen-bond donors (Lipinski definition) is 2. The Hall–Kier alpha value is -1.43. The lowest BCUT2D eigenvalue weighted by Crippen LogP contribution is -2.45. The maximum atomic E-state index is 12.4. The van der Waals surface area contributed by atoms with Crippen LogP contribution in [-0.4, -0.2) is 29.5 Å². The number of nitrogens with one attached hydrogen (secondary N) is 1. The molecule has 0 saturated heterocycles. The monoisotopic (exact) mass is 285 g/mol. The van der Waals surface area contributed by atoms with E-state index in [0.29, 0.717) is 6.54 Å². The summed E-state index contributed by atoms with van der Waals surface area (Å²) >= 11 is 0. The molecule has 1 amide bonds. The van der Waals surface area contributed by atoms with Crippen molar-refractivity contribution < 1.29 is 13.6 Å². The van der Waals surface area contributed by atoms with E-state index in [9.17, 15) is 13.6 Å². The molecule has 0 bridgehead atoms. The van der Waals surface area contributed by atoms with E-state index in [0.717, 1.165) is 25.7 Å². The summed E-state index contributed by atoms with van der Waals surface area (Å²) in [7, 11) is 0. The average molecular weight is 285 g/mol. The Bertz CT molecular complexity index is 447. The number of hydrogen-bond acceptors (Lipinski definition) is 2. The number of rotatable bonds is 5. The Kier molecular flexibility index (Phi) is 5.11. The highest BCUT2D eigenvalue weighted by atomic mass is 19.3. The molecule has 3 N–H and O–H groups in total. The molecular formula is C14H21F2N3O. The third-order valence-corrected chi connectivity index (χ3v) is 3.93. The molecule has 0 radical (unpaired) electrons. The van der Waals surface area contributed by atoms with Gasteiger partial charge in [0.05, 0.1) is 6.54 Å². The highest BCUT2D eigenvalue weighted by molar-refractivity contribution is 5.93. The van der Waals surface area contributed by atoms with Crippen molar-refractivity contribution in [1.29, 1.82) is 0 Å².